The summed E-state index contributed by atoms with van der Waals surface area (Å²) in [5, 5.41) is 20.2. The number of rotatable bonds is 10. The lowest BCUT2D eigenvalue weighted by molar-refractivity contribution is 0.483. The molecular formula is C32H25ClN6OS. The number of H-pyrrole nitrogens is 1. The molecule has 0 unspecified atom stereocenters. The molecule has 9 heteroatoms. The summed E-state index contributed by atoms with van der Waals surface area (Å²) < 4.78 is 5.90. The third-order valence-electron chi connectivity index (χ3n) is 6.56. The molecule has 0 bridgehead atoms. The Labute approximate surface area is 246 Å². The molecule has 0 radical (unpaired) electrons. The number of nitrogens with one attached hydrogen (secondary N) is 3. The summed E-state index contributed by atoms with van der Waals surface area (Å²) in [7, 11) is 0. The predicted molar refractivity (Wildman–Crippen MR) is 165 cm³/mol. The molecule has 202 valence electrons. The van der Waals surface area contributed by atoms with Gasteiger partial charge in [-0.25, -0.2) is 4.98 Å². The van der Waals surface area contributed by atoms with E-state index in [2.05, 4.69) is 55.2 Å². The fourth-order valence-electron chi connectivity index (χ4n) is 4.49. The molecule has 0 saturated heterocycles. The highest BCUT2D eigenvalue weighted by atomic mass is 35.5. The number of aromatic nitrogens is 3. The van der Waals surface area contributed by atoms with E-state index in [-0.39, 0.29) is 0 Å². The first-order valence-electron chi connectivity index (χ1n) is 13.0. The molecular weight excluding hydrogens is 552 g/mol. The first-order valence-corrected chi connectivity index (χ1v) is 14.3. The van der Waals surface area contributed by atoms with Crippen molar-refractivity contribution in [1.29, 1.82) is 5.26 Å². The summed E-state index contributed by atoms with van der Waals surface area (Å²) in [5.41, 5.74) is 5.94. The number of imidazole rings is 1. The van der Waals surface area contributed by atoms with Crippen LogP contribution in [0.1, 0.15) is 16.1 Å². The number of para-hydroxylation sites is 1. The largest absolute Gasteiger partial charge is 0.456 e. The van der Waals surface area contributed by atoms with Crippen LogP contribution < -0.4 is 15.4 Å². The van der Waals surface area contributed by atoms with Crippen LogP contribution in [0, 0.1) is 11.3 Å². The molecule has 0 aliphatic heterocycles. The smallest absolute Gasteiger partial charge is 0.146 e. The zero-order valence-corrected chi connectivity index (χ0v) is 23.5. The van der Waals surface area contributed by atoms with Crippen molar-refractivity contribution >= 4 is 45.2 Å². The van der Waals surface area contributed by atoms with Crippen molar-refractivity contribution in [3.63, 3.8) is 0 Å². The lowest BCUT2D eigenvalue weighted by atomic mass is 10.0. The highest BCUT2D eigenvalue weighted by Crippen LogP contribution is 2.36. The first-order chi connectivity index (χ1) is 20.2. The van der Waals surface area contributed by atoms with Crippen LogP contribution in [-0.4, -0.2) is 21.5 Å². The van der Waals surface area contributed by atoms with Crippen molar-refractivity contribution < 1.29 is 4.74 Å². The number of nitriles is 1. The van der Waals surface area contributed by atoms with Gasteiger partial charge in [-0.05, 0) is 59.0 Å². The summed E-state index contributed by atoms with van der Waals surface area (Å²) in [6, 6.07) is 25.6. The fourth-order valence-corrected chi connectivity index (χ4v) is 5.58. The van der Waals surface area contributed by atoms with Crippen LogP contribution in [-0.2, 0) is 13.0 Å². The van der Waals surface area contributed by atoms with Gasteiger partial charge in [-0.3, -0.25) is 4.98 Å². The number of ether oxygens (including phenoxy) is 1. The van der Waals surface area contributed by atoms with E-state index < -0.39 is 0 Å². The van der Waals surface area contributed by atoms with Gasteiger partial charge in [-0.15, -0.1) is 11.3 Å². The summed E-state index contributed by atoms with van der Waals surface area (Å²) in [6.45, 7) is 1.67. The second-order valence-electron chi connectivity index (χ2n) is 9.36. The van der Waals surface area contributed by atoms with Crippen LogP contribution in [0.4, 0.5) is 11.4 Å². The monoisotopic (exact) mass is 576 g/mol. The standard InChI is InChI=1S/C32H25ClN6OS/c33-29-14-24(7-9-31(29)40-26-4-2-1-3-5-26)39-32-23(15-34)16-37-30-13-21(6-8-28(30)32)22-12-27(41-19-22)18-35-11-10-25-17-36-20-38-25/h1-9,12-14,16-17,19-20,35H,10-11,18H2,(H,36,38)(H,37,39). The molecule has 3 aromatic heterocycles. The minimum Gasteiger partial charge on any atom is -0.456 e. The molecule has 0 atom stereocenters. The van der Waals surface area contributed by atoms with Crippen molar-refractivity contribution in [2.24, 2.45) is 0 Å². The third kappa shape index (κ3) is 6.23. The van der Waals surface area contributed by atoms with E-state index in [1.165, 1.54) is 4.88 Å². The number of hydrogen-bond donors (Lipinski definition) is 3. The van der Waals surface area contributed by atoms with Crippen LogP contribution >= 0.6 is 22.9 Å². The van der Waals surface area contributed by atoms with Gasteiger partial charge in [0.05, 0.1) is 33.8 Å². The Morgan fingerprint density at radius 1 is 1.00 bits per heavy atom. The molecule has 0 aliphatic rings. The van der Waals surface area contributed by atoms with Crippen molar-refractivity contribution in [3.8, 4) is 28.7 Å². The van der Waals surface area contributed by atoms with E-state index >= 15 is 0 Å². The van der Waals surface area contributed by atoms with Gasteiger partial charge in [-0.2, -0.15) is 5.26 Å². The maximum Gasteiger partial charge on any atom is 0.146 e. The second-order valence-corrected chi connectivity index (χ2v) is 10.8. The van der Waals surface area contributed by atoms with Gasteiger partial charge in [0, 0.05) is 47.9 Å². The zero-order chi connectivity index (χ0) is 28.0. The summed E-state index contributed by atoms with van der Waals surface area (Å²) in [6.07, 6.45) is 6.11. The Balaban J connectivity index is 1.19. The molecule has 3 N–H and O–H groups in total. The van der Waals surface area contributed by atoms with Gasteiger partial charge in [0.1, 0.15) is 17.6 Å². The molecule has 0 aliphatic carbocycles. The van der Waals surface area contributed by atoms with Crippen molar-refractivity contribution in [3.05, 3.63) is 118 Å². The van der Waals surface area contributed by atoms with Crippen LogP contribution in [0.2, 0.25) is 5.02 Å². The lowest BCUT2D eigenvalue weighted by Gasteiger charge is -2.14. The van der Waals surface area contributed by atoms with Crippen molar-refractivity contribution in [2.75, 3.05) is 11.9 Å². The van der Waals surface area contributed by atoms with Gasteiger partial charge in [0.15, 0.2) is 0 Å². The summed E-state index contributed by atoms with van der Waals surface area (Å²) in [5.74, 6) is 1.26. The normalized spacial score (nSPS) is 10.9. The van der Waals surface area contributed by atoms with Crippen LogP contribution in [0.5, 0.6) is 11.5 Å². The Bertz CT molecular complexity index is 1830. The van der Waals surface area contributed by atoms with Crippen LogP contribution in [0.25, 0.3) is 22.0 Å². The quantitative estimate of drug-likeness (QED) is 0.143. The van der Waals surface area contributed by atoms with E-state index in [9.17, 15) is 5.26 Å². The Morgan fingerprint density at radius 3 is 2.71 bits per heavy atom. The molecule has 0 fully saturated rings. The molecule has 0 amide bonds. The number of aromatic amines is 1. The van der Waals surface area contributed by atoms with Crippen molar-refractivity contribution in [2.45, 2.75) is 13.0 Å². The van der Waals surface area contributed by atoms with E-state index in [0.717, 1.165) is 52.9 Å². The number of nitrogens with zero attached hydrogens (tertiary/aromatic N) is 3. The number of fused-ring (bicyclic) bond motifs is 1. The molecule has 0 saturated carbocycles. The molecule has 6 aromatic rings. The fraction of sp³-hybridized carbons (Fsp3) is 0.0938. The van der Waals surface area contributed by atoms with Gasteiger partial charge in [0.25, 0.3) is 0 Å². The Morgan fingerprint density at radius 2 is 1.90 bits per heavy atom. The van der Waals surface area contributed by atoms with Gasteiger partial charge in [-0.1, -0.05) is 41.9 Å². The highest BCUT2D eigenvalue weighted by Gasteiger charge is 2.13. The number of halogens is 1. The highest BCUT2D eigenvalue weighted by molar-refractivity contribution is 7.10. The topological polar surface area (TPSA) is 98.7 Å². The molecule has 3 aromatic carbocycles. The molecule has 6 rings (SSSR count). The van der Waals surface area contributed by atoms with E-state index in [4.69, 9.17) is 16.3 Å². The van der Waals surface area contributed by atoms with E-state index in [1.807, 2.05) is 54.7 Å². The second kappa shape index (κ2) is 12.2. The molecule has 41 heavy (non-hydrogen) atoms. The number of pyridine rings is 1. The Kier molecular flexibility index (Phi) is 7.92. The maximum atomic E-state index is 9.81. The number of hydrogen-bond acceptors (Lipinski definition) is 7. The van der Waals surface area contributed by atoms with Gasteiger partial charge >= 0.3 is 0 Å². The van der Waals surface area contributed by atoms with Crippen LogP contribution in [0.3, 0.4) is 0 Å². The molecule has 7 nitrogen and oxygen atoms in total. The average Bonchev–Trinajstić information content (AvgIpc) is 3.70. The predicted octanol–water partition coefficient (Wildman–Crippen LogP) is 8.08. The summed E-state index contributed by atoms with van der Waals surface area (Å²) in [4.78, 5) is 13.1. The number of anilines is 2. The summed E-state index contributed by atoms with van der Waals surface area (Å²) >= 11 is 8.27. The van der Waals surface area contributed by atoms with Crippen molar-refractivity contribution in [1.82, 2.24) is 20.3 Å². The Hall–Kier alpha value is -4.68. The first kappa shape index (κ1) is 26.5. The van der Waals surface area contributed by atoms with Gasteiger partial charge in [0.2, 0.25) is 0 Å². The average molecular weight is 577 g/mol. The lowest BCUT2D eigenvalue weighted by Crippen LogP contribution is -2.16. The van der Waals surface area contributed by atoms with E-state index in [0.29, 0.717) is 27.8 Å². The SMILES string of the molecule is N#Cc1cnc2cc(-c3csc(CNCCc4c[nH]cn4)c3)ccc2c1Nc1ccc(Oc2ccccc2)c(Cl)c1. The maximum absolute atomic E-state index is 9.81. The minimum atomic E-state index is 0.449. The van der Waals surface area contributed by atoms with E-state index in [1.54, 1.807) is 29.9 Å². The number of thiophene rings is 1. The van der Waals surface area contributed by atoms with Gasteiger partial charge < -0.3 is 20.4 Å². The molecule has 3 heterocycles. The third-order valence-corrected chi connectivity index (χ3v) is 7.79. The zero-order valence-electron chi connectivity index (χ0n) is 21.9. The minimum absolute atomic E-state index is 0.449. The molecule has 0 spiro atoms. The van der Waals surface area contributed by atoms with Crippen LogP contribution in [0.15, 0.2) is 96.9 Å². The number of benzene rings is 3.